The third-order valence-corrected chi connectivity index (χ3v) is 7.32. The molecule has 1 aromatic carbocycles. The number of rotatable bonds is 7. The van der Waals surface area contributed by atoms with Crippen LogP contribution in [0.2, 0.25) is 0 Å². The van der Waals surface area contributed by atoms with E-state index in [2.05, 4.69) is 34.2 Å². The predicted octanol–water partition coefficient (Wildman–Crippen LogP) is 5.16. The minimum atomic E-state index is 0.685. The molecule has 4 bridgehead atoms. The van der Waals surface area contributed by atoms with Gasteiger partial charge in [-0.25, -0.2) is 0 Å². The normalized spacial score (nSPS) is 32.8. The lowest BCUT2D eigenvalue weighted by Crippen LogP contribution is -2.54. The smallest absolute Gasteiger partial charge is 0.166 e. The Balaban J connectivity index is 1.50. The second-order valence-electron chi connectivity index (χ2n) is 8.24. The summed E-state index contributed by atoms with van der Waals surface area (Å²) >= 11 is 3.73. The van der Waals surface area contributed by atoms with Crippen molar-refractivity contribution in [2.24, 2.45) is 23.7 Å². The van der Waals surface area contributed by atoms with E-state index in [1.165, 1.54) is 37.7 Å². The molecular formula is C21H30BrNO2. The zero-order valence-electron chi connectivity index (χ0n) is 15.4. The summed E-state index contributed by atoms with van der Waals surface area (Å²) in [6.07, 6.45) is 8.30. The van der Waals surface area contributed by atoms with Crippen molar-refractivity contribution in [3.63, 3.8) is 0 Å². The van der Waals surface area contributed by atoms with E-state index in [9.17, 15) is 0 Å². The Labute approximate surface area is 160 Å². The van der Waals surface area contributed by atoms with Crippen LogP contribution >= 0.6 is 15.9 Å². The molecule has 0 saturated heterocycles. The van der Waals surface area contributed by atoms with Crippen LogP contribution in [0.5, 0.6) is 11.5 Å². The van der Waals surface area contributed by atoms with Gasteiger partial charge in [0.05, 0.1) is 13.7 Å². The number of hydrogen-bond donors (Lipinski definition) is 1. The first-order valence-electron chi connectivity index (χ1n) is 9.91. The Kier molecular flexibility index (Phi) is 5.28. The van der Waals surface area contributed by atoms with Crippen LogP contribution in [0.4, 0.5) is 0 Å². The number of ether oxygens (including phenoxy) is 2. The highest BCUT2D eigenvalue weighted by atomic mass is 79.9. The highest BCUT2D eigenvalue weighted by molar-refractivity contribution is 9.10. The molecule has 25 heavy (non-hydrogen) atoms. The second-order valence-corrected chi connectivity index (χ2v) is 9.10. The van der Waals surface area contributed by atoms with E-state index < -0.39 is 0 Å². The minimum Gasteiger partial charge on any atom is -0.493 e. The minimum absolute atomic E-state index is 0.685. The van der Waals surface area contributed by atoms with Gasteiger partial charge in [0.15, 0.2) is 11.5 Å². The van der Waals surface area contributed by atoms with Crippen LogP contribution in [0.15, 0.2) is 16.6 Å². The molecule has 4 fully saturated rings. The van der Waals surface area contributed by atoms with E-state index >= 15 is 0 Å². The molecule has 3 nitrogen and oxygen atoms in total. The molecule has 0 heterocycles. The Hall–Kier alpha value is -0.740. The van der Waals surface area contributed by atoms with Gasteiger partial charge < -0.3 is 14.8 Å². The standard InChI is InChI=1S/C21H30BrNO2/c1-3-6-25-21-17(18(22)4-5-19(21)24-2)12-23-20-15-8-13-7-14(10-15)11-16(20)9-13/h4-5,13-16,20,23H,3,6-12H2,1-2H3. The molecule has 0 atom stereocenters. The van der Waals surface area contributed by atoms with Gasteiger partial charge in [0.2, 0.25) is 0 Å². The van der Waals surface area contributed by atoms with E-state index in [0.717, 1.165) is 59.2 Å². The molecule has 0 spiro atoms. The second kappa shape index (κ2) is 7.48. The number of benzene rings is 1. The first-order chi connectivity index (χ1) is 12.2. The first kappa shape index (κ1) is 17.7. The van der Waals surface area contributed by atoms with E-state index in [-0.39, 0.29) is 0 Å². The van der Waals surface area contributed by atoms with Crippen LogP contribution in [0.25, 0.3) is 0 Å². The molecule has 4 aliphatic rings. The zero-order valence-corrected chi connectivity index (χ0v) is 17.0. The average molecular weight is 408 g/mol. The van der Waals surface area contributed by atoms with Gasteiger partial charge in [-0.15, -0.1) is 0 Å². The molecule has 4 aliphatic carbocycles. The van der Waals surface area contributed by atoms with Crippen LogP contribution in [0.1, 0.15) is 51.0 Å². The number of nitrogens with one attached hydrogen (secondary N) is 1. The third kappa shape index (κ3) is 3.44. The maximum atomic E-state index is 6.05. The number of halogens is 1. The van der Waals surface area contributed by atoms with Crippen LogP contribution < -0.4 is 14.8 Å². The fraction of sp³-hybridized carbons (Fsp3) is 0.714. The predicted molar refractivity (Wildman–Crippen MR) is 104 cm³/mol. The van der Waals surface area contributed by atoms with Crippen molar-refractivity contribution in [1.82, 2.24) is 5.32 Å². The summed E-state index contributed by atoms with van der Waals surface area (Å²) in [7, 11) is 1.72. The highest BCUT2D eigenvalue weighted by Crippen LogP contribution is 2.53. The molecular weight excluding hydrogens is 378 g/mol. The molecule has 0 unspecified atom stereocenters. The summed E-state index contributed by atoms with van der Waals surface area (Å²) in [4.78, 5) is 0. The largest absolute Gasteiger partial charge is 0.493 e. The Morgan fingerprint density at radius 2 is 1.76 bits per heavy atom. The summed E-state index contributed by atoms with van der Waals surface area (Å²) < 4.78 is 12.7. The van der Waals surface area contributed by atoms with Crippen molar-refractivity contribution in [2.75, 3.05) is 13.7 Å². The van der Waals surface area contributed by atoms with Gasteiger partial charge in [0.1, 0.15) is 0 Å². The first-order valence-corrected chi connectivity index (χ1v) is 10.7. The van der Waals surface area contributed by atoms with Gasteiger partial charge in [-0.2, -0.15) is 0 Å². The molecule has 0 aromatic heterocycles. The van der Waals surface area contributed by atoms with Crippen molar-refractivity contribution in [2.45, 2.75) is 58.0 Å². The lowest BCUT2D eigenvalue weighted by Gasteiger charge is -2.54. The molecule has 0 radical (unpaired) electrons. The molecule has 138 valence electrons. The molecule has 1 N–H and O–H groups in total. The summed E-state index contributed by atoms with van der Waals surface area (Å²) in [5.41, 5.74) is 1.20. The van der Waals surface area contributed by atoms with Crippen molar-refractivity contribution in [3.8, 4) is 11.5 Å². The Morgan fingerprint density at radius 1 is 1.08 bits per heavy atom. The lowest BCUT2D eigenvalue weighted by molar-refractivity contribution is -0.0143. The van der Waals surface area contributed by atoms with E-state index in [1.54, 1.807) is 7.11 Å². The molecule has 1 aromatic rings. The van der Waals surface area contributed by atoms with Gasteiger partial charge in [-0.05, 0) is 74.3 Å². The van der Waals surface area contributed by atoms with Crippen molar-refractivity contribution >= 4 is 15.9 Å². The summed E-state index contributed by atoms with van der Waals surface area (Å²) in [6.45, 7) is 3.71. The molecule has 0 aliphatic heterocycles. The van der Waals surface area contributed by atoms with Crippen LogP contribution in [-0.2, 0) is 6.54 Å². The number of hydrogen-bond acceptors (Lipinski definition) is 3. The molecule has 0 amide bonds. The molecule has 4 heteroatoms. The van der Waals surface area contributed by atoms with E-state index in [4.69, 9.17) is 9.47 Å². The lowest BCUT2D eigenvalue weighted by atomic mass is 9.54. The third-order valence-electron chi connectivity index (χ3n) is 6.58. The van der Waals surface area contributed by atoms with Gasteiger partial charge in [0.25, 0.3) is 0 Å². The van der Waals surface area contributed by atoms with Gasteiger partial charge in [-0.1, -0.05) is 22.9 Å². The summed E-state index contributed by atoms with van der Waals surface area (Å²) in [5, 5.41) is 3.92. The quantitative estimate of drug-likeness (QED) is 0.676. The van der Waals surface area contributed by atoms with Crippen LogP contribution in [-0.4, -0.2) is 19.8 Å². The molecule has 4 saturated carbocycles. The topological polar surface area (TPSA) is 30.5 Å². The maximum absolute atomic E-state index is 6.05. The van der Waals surface area contributed by atoms with Crippen LogP contribution in [0.3, 0.4) is 0 Å². The number of methoxy groups -OCH3 is 1. The van der Waals surface area contributed by atoms with Crippen LogP contribution in [0, 0.1) is 23.7 Å². The zero-order chi connectivity index (χ0) is 17.4. The van der Waals surface area contributed by atoms with Gasteiger partial charge in [-0.3, -0.25) is 0 Å². The fourth-order valence-electron chi connectivity index (χ4n) is 5.75. The van der Waals surface area contributed by atoms with E-state index in [0.29, 0.717) is 6.04 Å². The van der Waals surface area contributed by atoms with Gasteiger partial charge >= 0.3 is 0 Å². The summed E-state index contributed by atoms with van der Waals surface area (Å²) in [6, 6.07) is 4.75. The van der Waals surface area contributed by atoms with Gasteiger partial charge in [0, 0.05) is 22.6 Å². The van der Waals surface area contributed by atoms with Crippen molar-refractivity contribution < 1.29 is 9.47 Å². The summed E-state index contributed by atoms with van der Waals surface area (Å²) in [5.74, 6) is 5.55. The highest BCUT2D eigenvalue weighted by Gasteiger charge is 2.47. The van der Waals surface area contributed by atoms with E-state index in [1.807, 2.05) is 6.07 Å². The Morgan fingerprint density at radius 3 is 2.36 bits per heavy atom. The molecule has 5 rings (SSSR count). The average Bonchev–Trinajstić information content (AvgIpc) is 2.60. The maximum Gasteiger partial charge on any atom is 0.166 e. The SMILES string of the molecule is CCCOc1c(OC)ccc(Br)c1CNC1C2CC3CC(C2)CC1C3. The monoisotopic (exact) mass is 407 g/mol. The fourth-order valence-corrected chi connectivity index (χ4v) is 6.20. The Bertz CT molecular complexity index is 590. The van der Waals surface area contributed by atoms with Crippen molar-refractivity contribution in [1.29, 1.82) is 0 Å². The van der Waals surface area contributed by atoms with Crippen molar-refractivity contribution in [3.05, 3.63) is 22.2 Å².